The van der Waals surface area contributed by atoms with Crippen molar-refractivity contribution < 1.29 is 4.74 Å². The molecule has 2 rings (SSSR count). The van der Waals surface area contributed by atoms with E-state index in [1.807, 2.05) is 16.8 Å². The van der Waals surface area contributed by atoms with Crippen LogP contribution in [0.5, 0.6) is 0 Å². The van der Waals surface area contributed by atoms with Crippen molar-refractivity contribution in [3.8, 4) is 0 Å². The zero-order chi connectivity index (χ0) is 12.8. The van der Waals surface area contributed by atoms with Crippen LogP contribution in [0.2, 0.25) is 0 Å². The Morgan fingerprint density at radius 1 is 1.44 bits per heavy atom. The Bertz CT molecular complexity index is 535. The third-order valence-electron chi connectivity index (χ3n) is 2.72. The third kappa shape index (κ3) is 3.24. The molecule has 0 unspecified atom stereocenters. The Balaban J connectivity index is 2.03. The van der Waals surface area contributed by atoms with Crippen LogP contribution in [0.25, 0.3) is 0 Å². The normalized spacial score (nSPS) is 10.7. The predicted molar refractivity (Wildman–Crippen MR) is 70.9 cm³/mol. The first-order chi connectivity index (χ1) is 8.81. The van der Waals surface area contributed by atoms with E-state index < -0.39 is 0 Å². The number of ether oxygens (including phenoxy) is 1. The Morgan fingerprint density at radius 3 is 3.06 bits per heavy atom. The summed E-state index contributed by atoms with van der Waals surface area (Å²) in [5.41, 5.74) is 1.20. The summed E-state index contributed by atoms with van der Waals surface area (Å²) in [6, 6.07) is 4.01. The van der Waals surface area contributed by atoms with Crippen molar-refractivity contribution in [1.82, 2.24) is 19.7 Å². The standard InChI is InChI=1S/C12H16N4OS/c1-17-8-7-16-11(14-15-12(16)18)5-4-10-3-2-6-13-9-10/h2-3,6,9H,4-5,7-8H2,1H3,(H,15,18). The second-order valence-electron chi connectivity index (χ2n) is 3.95. The Hall–Kier alpha value is -1.53. The maximum absolute atomic E-state index is 5.19. The summed E-state index contributed by atoms with van der Waals surface area (Å²) in [6.07, 6.45) is 5.39. The highest BCUT2D eigenvalue weighted by Gasteiger charge is 2.06. The minimum absolute atomic E-state index is 0.633. The summed E-state index contributed by atoms with van der Waals surface area (Å²) in [6.45, 7) is 1.36. The van der Waals surface area contributed by atoms with Gasteiger partial charge in [0.25, 0.3) is 0 Å². The molecule has 0 radical (unpaired) electrons. The summed E-state index contributed by atoms with van der Waals surface area (Å²) in [7, 11) is 1.68. The van der Waals surface area contributed by atoms with Gasteiger partial charge in [-0.2, -0.15) is 5.10 Å². The van der Waals surface area contributed by atoms with Gasteiger partial charge in [-0.25, -0.2) is 0 Å². The zero-order valence-electron chi connectivity index (χ0n) is 10.3. The lowest BCUT2D eigenvalue weighted by Gasteiger charge is -2.05. The Kier molecular flexibility index (Phi) is 4.60. The number of hydrogen-bond donors (Lipinski definition) is 1. The summed E-state index contributed by atoms with van der Waals surface area (Å²) in [5, 5.41) is 7.08. The predicted octanol–water partition coefficient (Wildman–Crippen LogP) is 1.77. The van der Waals surface area contributed by atoms with Crippen LogP contribution in [0.15, 0.2) is 24.5 Å². The van der Waals surface area contributed by atoms with Crippen LogP contribution in [0.4, 0.5) is 0 Å². The van der Waals surface area contributed by atoms with E-state index in [0.29, 0.717) is 11.4 Å². The van der Waals surface area contributed by atoms with Gasteiger partial charge in [0.1, 0.15) is 5.82 Å². The smallest absolute Gasteiger partial charge is 0.195 e. The van der Waals surface area contributed by atoms with Crippen LogP contribution in [0.1, 0.15) is 11.4 Å². The van der Waals surface area contributed by atoms with Crippen molar-refractivity contribution in [3.05, 3.63) is 40.7 Å². The van der Waals surface area contributed by atoms with Crippen molar-refractivity contribution in [3.63, 3.8) is 0 Å². The van der Waals surface area contributed by atoms with E-state index in [1.54, 1.807) is 13.3 Å². The molecule has 2 heterocycles. The van der Waals surface area contributed by atoms with E-state index in [2.05, 4.69) is 21.2 Å². The maximum atomic E-state index is 5.19. The summed E-state index contributed by atoms with van der Waals surface area (Å²) in [5.74, 6) is 0.959. The number of aromatic amines is 1. The van der Waals surface area contributed by atoms with Crippen molar-refractivity contribution in [2.45, 2.75) is 19.4 Å². The largest absolute Gasteiger partial charge is 0.383 e. The number of hydrogen-bond acceptors (Lipinski definition) is 4. The third-order valence-corrected chi connectivity index (χ3v) is 3.03. The van der Waals surface area contributed by atoms with E-state index in [4.69, 9.17) is 17.0 Å². The van der Waals surface area contributed by atoms with Crippen LogP contribution in [0, 0.1) is 4.77 Å². The van der Waals surface area contributed by atoms with Crippen molar-refractivity contribution >= 4 is 12.2 Å². The maximum Gasteiger partial charge on any atom is 0.195 e. The molecule has 0 atom stereocenters. The Morgan fingerprint density at radius 2 is 2.33 bits per heavy atom. The lowest BCUT2D eigenvalue weighted by atomic mass is 10.1. The van der Waals surface area contributed by atoms with Gasteiger partial charge in [0.15, 0.2) is 4.77 Å². The number of nitrogens with zero attached hydrogens (tertiary/aromatic N) is 3. The summed E-state index contributed by atoms with van der Waals surface area (Å²) in [4.78, 5) is 4.10. The van der Waals surface area contributed by atoms with E-state index in [-0.39, 0.29) is 0 Å². The second kappa shape index (κ2) is 6.42. The molecule has 0 saturated heterocycles. The summed E-state index contributed by atoms with van der Waals surface area (Å²) >= 11 is 5.19. The number of rotatable bonds is 6. The highest BCUT2D eigenvalue weighted by atomic mass is 32.1. The molecule has 0 amide bonds. The van der Waals surface area contributed by atoms with Crippen molar-refractivity contribution in [1.29, 1.82) is 0 Å². The quantitative estimate of drug-likeness (QED) is 0.808. The van der Waals surface area contributed by atoms with Gasteiger partial charge in [-0.05, 0) is 30.3 Å². The van der Waals surface area contributed by atoms with Crippen molar-refractivity contribution in [2.24, 2.45) is 0 Å². The minimum atomic E-state index is 0.633. The topological polar surface area (TPSA) is 55.7 Å². The molecule has 0 aliphatic carbocycles. The fourth-order valence-corrected chi connectivity index (χ4v) is 2.00. The first-order valence-corrected chi connectivity index (χ1v) is 6.24. The molecule has 2 aromatic rings. The molecule has 2 aromatic heterocycles. The van der Waals surface area contributed by atoms with Gasteiger partial charge in [0, 0.05) is 32.5 Å². The first-order valence-electron chi connectivity index (χ1n) is 5.83. The molecule has 0 saturated carbocycles. The number of methoxy groups -OCH3 is 1. The Labute approximate surface area is 111 Å². The van der Waals surface area contributed by atoms with Gasteiger partial charge in [0.2, 0.25) is 0 Å². The van der Waals surface area contributed by atoms with Gasteiger partial charge in [0.05, 0.1) is 6.61 Å². The molecule has 0 bridgehead atoms. The SMILES string of the molecule is COCCn1c(CCc2cccnc2)n[nH]c1=S. The average Bonchev–Trinajstić information content (AvgIpc) is 2.76. The number of aryl methyl sites for hydroxylation is 2. The van der Waals surface area contributed by atoms with Crippen molar-refractivity contribution in [2.75, 3.05) is 13.7 Å². The second-order valence-corrected chi connectivity index (χ2v) is 4.34. The molecule has 5 nitrogen and oxygen atoms in total. The molecular formula is C12H16N4OS. The molecular weight excluding hydrogens is 248 g/mol. The zero-order valence-corrected chi connectivity index (χ0v) is 11.1. The lowest BCUT2D eigenvalue weighted by molar-refractivity contribution is 0.186. The highest BCUT2D eigenvalue weighted by molar-refractivity contribution is 7.71. The highest BCUT2D eigenvalue weighted by Crippen LogP contribution is 2.05. The number of nitrogens with one attached hydrogen (secondary N) is 1. The number of aromatic nitrogens is 4. The van der Waals surface area contributed by atoms with Gasteiger partial charge in [-0.15, -0.1) is 0 Å². The molecule has 0 fully saturated rings. The molecule has 18 heavy (non-hydrogen) atoms. The van der Waals surface area contributed by atoms with E-state index in [0.717, 1.165) is 25.2 Å². The molecule has 0 aromatic carbocycles. The van der Waals surface area contributed by atoms with Gasteiger partial charge in [-0.3, -0.25) is 10.1 Å². The molecule has 96 valence electrons. The fourth-order valence-electron chi connectivity index (χ4n) is 1.76. The van der Waals surface area contributed by atoms with Gasteiger partial charge < -0.3 is 9.30 Å². The molecule has 6 heteroatoms. The van der Waals surface area contributed by atoms with Crippen LogP contribution in [-0.2, 0) is 24.1 Å². The van der Waals surface area contributed by atoms with Crippen LogP contribution >= 0.6 is 12.2 Å². The average molecular weight is 264 g/mol. The van der Waals surface area contributed by atoms with Crippen LogP contribution in [0.3, 0.4) is 0 Å². The lowest BCUT2D eigenvalue weighted by Crippen LogP contribution is -2.09. The first kappa shape index (κ1) is 12.9. The summed E-state index contributed by atoms with van der Waals surface area (Å²) < 4.78 is 7.70. The van der Waals surface area contributed by atoms with Crippen LogP contribution < -0.4 is 0 Å². The molecule has 1 N–H and O–H groups in total. The van der Waals surface area contributed by atoms with Crippen LogP contribution in [-0.4, -0.2) is 33.5 Å². The number of H-pyrrole nitrogens is 1. The monoisotopic (exact) mass is 264 g/mol. The van der Waals surface area contributed by atoms with E-state index in [9.17, 15) is 0 Å². The minimum Gasteiger partial charge on any atom is -0.383 e. The van der Waals surface area contributed by atoms with E-state index >= 15 is 0 Å². The molecule has 0 spiro atoms. The molecule has 0 aliphatic heterocycles. The van der Waals surface area contributed by atoms with Gasteiger partial charge in [-0.1, -0.05) is 6.07 Å². The van der Waals surface area contributed by atoms with Gasteiger partial charge >= 0.3 is 0 Å². The molecule has 0 aliphatic rings. The number of pyridine rings is 1. The van der Waals surface area contributed by atoms with E-state index in [1.165, 1.54) is 5.56 Å². The fraction of sp³-hybridized carbons (Fsp3) is 0.417.